The number of amides is 1. The molecule has 0 fully saturated rings. The van der Waals surface area contributed by atoms with E-state index in [0.717, 1.165) is 12.0 Å². The molecular formula is C14H17ClN4O. The predicted octanol–water partition coefficient (Wildman–Crippen LogP) is 2.38. The van der Waals surface area contributed by atoms with Crippen LogP contribution in [-0.2, 0) is 12.8 Å². The number of hydrogen-bond donors (Lipinski definition) is 2. The second-order valence-electron chi connectivity index (χ2n) is 4.67. The van der Waals surface area contributed by atoms with E-state index in [-0.39, 0.29) is 17.8 Å². The number of hydrogen-bond acceptors (Lipinski definition) is 3. The monoisotopic (exact) mass is 292 g/mol. The Morgan fingerprint density at radius 2 is 2.30 bits per heavy atom. The minimum absolute atomic E-state index is 0.0236. The van der Waals surface area contributed by atoms with Crippen molar-refractivity contribution in [3.05, 3.63) is 46.5 Å². The molecular weight excluding hydrogens is 276 g/mol. The molecule has 1 amide bonds. The number of aromatic nitrogens is 3. The van der Waals surface area contributed by atoms with Gasteiger partial charge in [-0.25, -0.2) is 4.98 Å². The van der Waals surface area contributed by atoms with Crippen molar-refractivity contribution in [2.24, 2.45) is 0 Å². The lowest BCUT2D eigenvalue weighted by molar-refractivity contribution is 0.0930. The van der Waals surface area contributed by atoms with E-state index < -0.39 is 0 Å². The van der Waals surface area contributed by atoms with Crippen LogP contribution in [0.25, 0.3) is 0 Å². The molecule has 1 heterocycles. The molecule has 1 atom stereocenters. The van der Waals surface area contributed by atoms with E-state index in [0.29, 0.717) is 17.3 Å². The van der Waals surface area contributed by atoms with Crippen LogP contribution in [0, 0.1) is 0 Å². The molecule has 0 saturated carbocycles. The third kappa shape index (κ3) is 3.81. The van der Waals surface area contributed by atoms with Crippen LogP contribution in [-0.4, -0.2) is 27.1 Å². The summed E-state index contributed by atoms with van der Waals surface area (Å²) in [5, 5.41) is 10.2. The molecule has 5 nitrogen and oxygen atoms in total. The Labute approximate surface area is 122 Å². The van der Waals surface area contributed by atoms with Gasteiger partial charge in [0, 0.05) is 17.5 Å². The van der Waals surface area contributed by atoms with E-state index in [1.165, 1.54) is 0 Å². The molecule has 0 radical (unpaired) electrons. The van der Waals surface area contributed by atoms with Crippen molar-refractivity contribution in [3.63, 3.8) is 0 Å². The van der Waals surface area contributed by atoms with Gasteiger partial charge in [0.2, 0.25) is 5.82 Å². The lowest BCUT2D eigenvalue weighted by Gasteiger charge is -2.12. The quantitative estimate of drug-likeness (QED) is 0.889. The molecule has 2 rings (SSSR count). The van der Waals surface area contributed by atoms with E-state index in [9.17, 15) is 4.79 Å². The van der Waals surface area contributed by atoms with Gasteiger partial charge in [0.25, 0.3) is 5.91 Å². The van der Waals surface area contributed by atoms with Gasteiger partial charge in [-0.1, -0.05) is 30.7 Å². The summed E-state index contributed by atoms with van der Waals surface area (Å²) in [6.07, 6.45) is 1.43. The minimum Gasteiger partial charge on any atom is -0.346 e. The number of nitrogens with one attached hydrogen (secondary N) is 2. The second kappa shape index (κ2) is 6.52. The molecule has 1 aromatic heterocycles. The largest absolute Gasteiger partial charge is 0.346 e. The topological polar surface area (TPSA) is 70.7 Å². The lowest BCUT2D eigenvalue weighted by Crippen LogP contribution is -2.34. The van der Waals surface area contributed by atoms with Crippen LogP contribution in [0.4, 0.5) is 0 Å². The fourth-order valence-electron chi connectivity index (χ4n) is 1.91. The first-order valence-corrected chi connectivity index (χ1v) is 6.93. The van der Waals surface area contributed by atoms with Gasteiger partial charge >= 0.3 is 0 Å². The number of carbonyl (C=O) groups excluding carboxylic acids is 1. The second-order valence-corrected chi connectivity index (χ2v) is 5.10. The zero-order valence-electron chi connectivity index (χ0n) is 11.5. The number of halogens is 1. The fourth-order valence-corrected chi connectivity index (χ4v) is 2.12. The maximum absolute atomic E-state index is 12.0. The van der Waals surface area contributed by atoms with Crippen LogP contribution in [0.5, 0.6) is 0 Å². The number of H-pyrrole nitrogens is 1. The van der Waals surface area contributed by atoms with Gasteiger partial charge < -0.3 is 5.32 Å². The van der Waals surface area contributed by atoms with Crippen molar-refractivity contribution in [2.45, 2.75) is 32.7 Å². The van der Waals surface area contributed by atoms with E-state index in [4.69, 9.17) is 11.6 Å². The molecule has 6 heteroatoms. The molecule has 2 N–H and O–H groups in total. The standard InChI is InChI=1S/C14H17ClN4O/c1-3-12-17-13(19-18-12)14(20)16-9(2)7-10-5-4-6-11(15)8-10/h4-6,8-9H,3,7H2,1-2H3,(H,16,20)(H,17,18,19). The van der Waals surface area contributed by atoms with Gasteiger partial charge in [-0.05, 0) is 31.0 Å². The van der Waals surface area contributed by atoms with Crippen molar-refractivity contribution in [1.29, 1.82) is 0 Å². The highest BCUT2D eigenvalue weighted by Gasteiger charge is 2.14. The summed E-state index contributed by atoms with van der Waals surface area (Å²) in [7, 11) is 0. The van der Waals surface area contributed by atoms with Crippen molar-refractivity contribution in [3.8, 4) is 0 Å². The first-order valence-electron chi connectivity index (χ1n) is 6.55. The van der Waals surface area contributed by atoms with Crippen LogP contribution in [0.1, 0.15) is 35.9 Å². The van der Waals surface area contributed by atoms with Crippen molar-refractivity contribution < 1.29 is 4.79 Å². The van der Waals surface area contributed by atoms with Crippen molar-refractivity contribution in [1.82, 2.24) is 20.5 Å². The number of carbonyl (C=O) groups is 1. The average molecular weight is 293 g/mol. The van der Waals surface area contributed by atoms with Gasteiger partial charge in [0.05, 0.1) is 0 Å². The molecule has 0 spiro atoms. The Morgan fingerprint density at radius 3 is 2.95 bits per heavy atom. The Bertz CT molecular complexity index is 596. The predicted molar refractivity (Wildman–Crippen MR) is 77.8 cm³/mol. The van der Waals surface area contributed by atoms with Gasteiger partial charge in [0.1, 0.15) is 5.82 Å². The molecule has 2 aromatic rings. The maximum Gasteiger partial charge on any atom is 0.291 e. The van der Waals surface area contributed by atoms with Gasteiger partial charge in [-0.3, -0.25) is 9.89 Å². The molecule has 0 aliphatic heterocycles. The zero-order valence-corrected chi connectivity index (χ0v) is 12.2. The van der Waals surface area contributed by atoms with E-state index >= 15 is 0 Å². The summed E-state index contributed by atoms with van der Waals surface area (Å²) < 4.78 is 0. The number of nitrogens with zero attached hydrogens (tertiary/aromatic N) is 2. The summed E-state index contributed by atoms with van der Waals surface area (Å²) in [5.41, 5.74) is 1.08. The third-order valence-electron chi connectivity index (χ3n) is 2.88. The maximum atomic E-state index is 12.0. The Hall–Kier alpha value is -1.88. The van der Waals surface area contributed by atoms with E-state index in [1.54, 1.807) is 0 Å². The zero-order chi connectivity index (χ0) is 14.5. The van der Waals surface area contributed by atoms with Crippen LogP contribution < -0.4 is 5.32 Å². The Morgan fingerprint density at radius 1 is 1.50 bits per heavy atom. The first-order chi connectivity index (χ1) is 9.58. The molecule has 0 aliphatic carbocycles. The first kappa shape index (κ1) is 14.5. The van der Waals surface area contributed by atoms with Crippen LogP contribution in [0.3, 0.4) is 0 Å². The Kier molecular flexibility index (Phi) is 4.74. The lowest BCUT2D eigenvalue weighted by atomic mass is 10.1. The number of aryl methyl sites for hydroxylation is 1. The normalized spacial score (nSPS) is 12.2. The molecule has 0 bridgehead atoms. The summed E-state index contributed by atoms with van der Waals surface area (Å²) in [6.45, 7) is 3.89. The van der Waals surface area contributed by atoms with Crippen LogP contribution in [0.2, 0.25) is 5.02 Å². The van der Waals surface area contributed by atoms with Crippen LogP contribution in [0.15, 0.2) is 24.3 Å². The average Bonchev–Trinajstić information content (AvgIpc) is 2.87. The highest BCUT2D eigenvalue weighted by Crippen LogP contribution is 2.12. The summed E-state index contributed by atoms with van der Waals surface area (Å²) in [6, 6.07) is 7.58. The summed E-state index contributed by atoms with van der Waals surface area (Å²) in [4.78, 5) is 16.1. The molecule has 106 valence electrons. The van der Waals surface area contributed by atoms with E-state index in [2.05, 4.69) is 20.5 Å². The third-order valence-corrected chi connectivity index (χ3v) is 3.11. The van der Waals surface area contributed by atoms with Gasteiger partial charge in [0.15, 0.2) is 0 Å². The summed E-state index contributed by atoms with van der Waals surface area (Å²) >= 11 is 5.94. The molecule has 1 aromatic carbocycles. The smallest absolute Gasteiger partial charge is 0.291 e. The highest BCUT2D eigenvalue weighted by atomic mass is 35.5. The summed E-state index contributed by atoms with van der Waals surface area (Å²) in [5.74, 6) is 0.618. The molecule has 0 aliphatic rings. The van der Waals surface area contributed by atoms with Crippen molar-refractivity contribution in [2.75, 3.05) is 0 Å². The number of aromatic amines is 1. The van der Waals surface area contributed by atoms with Gasteiger partial charge in [-0.2, -0.15) is 0 Å². The van der Waals surface area contributed by atoms with E-state index in [1.807, 2.05) is 38.1 Å². The minimum atomic E-state index is -0.268. The SMILES string of the molecule is CCc1nc(C(=O)NC(C)Cc2cccc(Cl)c2)n[nH]1. The number of benzene rings is 1. The van der Waals surface area contributed by atoms with Crippen molar-refractivity contribution >= 4 is 17.5 Å². The molecule has 0 saturated heterocycles. The fraction of sp³-hybridized carbons (Fsp3) is 0.357. The highest BCUT2D eigenvalue weighted by molar-refractivity contribution is 6.30. The Balaban J connectivity index is 1.94. The number of rotatable bonds is 5. The molecule has 1 unspecified atom stereocenters. The molecule has 20 heavy (non-hydrogen) atoms. The van der Waals surface area contributed by atoms with Crippen LogP contribution >= 0.6 is 11.6 Å². The van der Waals surface area contributed by atoms with Gasteiger partial charge in [-0.15, -0.1) is 5.10 Å².